The Hall–Kier alpha value is -2.08. The number of carbonyl (C=O) groups excluding carboxylic acids is 1. The number of nitrogens with two attached hydrogens (primary N) is 1. The van der Waals surface area contributed by atoms with Gasteiger partial charge in [-0.05, 0) is 44.0 Å². The van der Waals surface area contributed by atoms with E-state index in [9.17, 15) is 4.79 Å². The molecule has 116 valence electrons. The van der Waals surface area contributed by atoms with Crippen LogP contribution in [-0.2, 0) is 11.2 Å². The maximum Gasteiger partial charge on any atom is 0.230 e. The minimum atomic E-state index is -0.0109. The molecule has 0 atom stereocenters. The number of hydrogen-bond donors (Lipinski definition) is 2. The standard InChI is InChI=1S/C16H20N4OS/c1-11-9-12(2)20-16(19-11)22-10-15(21)18-8-7-13-3-5-14(17)6-4-13/h3-6,9H,7-8,10,17H2,1-2H3,(H,18,21). The van der Waals surface area contributed by atoms with Crippen LogP contribution >= 0.6 is 11.8 Å². The summed E-state index contributed by atoms with van der Waals surface area (Å²) < 4.78 is 0. The zero-order chi connectivity index (χ0) is 15.9. The Balaban J connectivity index is 1.72. The van der Waals surface area contributed by atoms with Gasteiger partial charge in [-0.3, -0.25) is 4.79 Å². The van der Waals surface area contributed by atoms with Gasteiger partial charge in [-0.1, -0.05) is 23.9 Å². The van der Waals surface area contributed by atoms with Gasteiger partial charge in [0.25, 0.3) is 0 Å². The van der Waals surface area contributed by atoms with Crippen LogP contribution in [0.5, 0.6) is 0 Å². The first kappa shape index (κ1) is 16.3. The van der Waals surface area contributed by atoms with Gasteiger partial charge in [0.1, 0.15) is 0 Å². The van der Waals surface area contributed by atoms with Crippen LogP contribution in [0.15, 0.2) is 35.5 Å². The average molecular weight is 316 g/mol. The Morgan fingerprint density at radius 2 is 1.82 bits per heavy atom. The number of anilines is 1. The molecule has 22 heavy (non-hydrogen) atoms. The number of carbonyl (C=O) groups is 1. The van der Waals surface area contributed by atoms with Crippen molar-refractivity contribution in [3.63, 3.8) is 0 Å². The third kappa shape index (κ3) is 5.37. The van der Waals surface area contributed by atoms with Crippen molar-refractivity contribution < 1.29 is 4.79 Å². The topological polar surface area (TPSA) is 80.9 Å². The van der Waals surface area contributed by atoms with Crippen molar-refractivity contribution in [3.8, 4) is 0 Å². The van der Waals surface area contributed by atoms with Crippen molar-refractivity contribution in [2.24, 2.45) is 0 Å². The van der Waals surface area contributed by atoms with Crippen molar-refractivity contribution in [3.05, 3.63) is 47.3 Å². The lowest BCUT2D eigenvalue weighted by Gasteiger charge is -2.06. The molecule has 0 spiro atoms. The van der Waals surface area contributed by atoms with Crippen molar-refractivity contribution in [2.45, 2.75) is 25.4 Å². The predicted molar refractivity (Wildman–Crippen MR) is 89.8 cm³/mol. The zero-order valence-electron chi connectivity index (χ0n) is 12.8. The van der Waals surface area contributed by atoms with E-state index < -0.39 is 0 Å². The molecule has 0 unspecified atom stereocenters. The summed E-state index contributed by atoms with van der Waals surface area (Å²) in [6.45, 7) is 4.45. The van der Waals surface area contributed by atoms with Crippen LogP contribution < -0.4 is 11.1 Å². The number of hydrogen-bond acceptors (Lipinski definition) is 5. The predicted octanol–water partition coefficient (Wildman–Crippen LogP) is 2.13. The van der Waals surface area contributed by atoms with E-state index in [0.717, 1.165) is 29.1 Å². The van der Waals surface area contributed by atoms with Gasteiger partial charge in [0.05, 0.1) is 5.75 Å². The molecule has 1 amide bonds. The van der Waals surface area contributed by atoms with Gasteiger partial charge in [0.2, 0.25) is 5.91 Å². The zero-order valence-corrected chi connectivity index (χ0v) is 13.6. The van der Waals surface area contributed by atoms with Gasteiger partial charge in [-0.2, -0.15) is 0 Å². The van der Waals surface area contributed by atoms with Gasteiger partial charge in [-0.25, -0.2) is 9.97 Å². The number of nitrogens with one attached hydrogen (secondary N) is 1. The number of thioether (sulfide) groups is 1. The van der Waals surface area contributed by atoms with E-state index in [2.05, 4.69) is 15.3 Å². The van der Waals surface area contributed by atoms with Gasteiger partial charge in [0, 0.05) is 23.6 Å². The Morgan fingerprint density at radius 1 is 1.18 bits per heavy atom. The first-order valence-electron chi connectivity index (χ1n) is 7.09. The lowest BCUT2D eigenvalue weighted by atomic mass is 10.1. The molecule has 3 N–H and O–H groups in total. The summed E-state index contributed by atoms with van der Waals surface area (Å²) in [6, 6.07) is 9.59. The quantitative estimate of drug-likeness (QED) is 0.485. The molecule has 1 aromatic heterocycles. The summed E-state index contributed by atoms with van der Waals surface area (Å²) in [5.74, 6) is 0.313. The van der Waals surface area contributed by atoms with E-state index in [4.69, 9.17) is 5.73 Å². The number of rotatable bonds is 6. The van der Waals surface area contributed by atoms with Crippen LogP contribution in [0.3, 0.4) is 0 Å². The number of aryl methyl sites for hydroxylation is 2. The molecule has 0 radical (unpaired) electrons. The summed E-state index contributed by atoms with van der Waals surface area (Å²) in [4.78, 5) is 20.4. The molecule has 0 aliphatic carbocycles. The second kappa shape index (κ2) is 7.79. The number of aromatic nitrogens is 2. The van der Waals surface area contributed by atoms with E-state index in [0.29, 0.717) is 17.5 Å². The highest BCUT2D eigenvalue weighted by atomic mass is 32.2. The number of nitrogen functional groups attached to an aromatic ring is 1. The SMILES string of the molecule is Cc1cc(C)nc(SCC(=O)NCCc2ccc(N)cc2)n1. The van der Waals surface area contributed by atoms with Gasteiger partial charge >= 0.3 is 0 Å². The van der Waals surface area contributed by atoms with E-state index in [1.807, 2.05) is 44.2 Å². The smallest absolute Gasteiger partial charge is 0.230 e. The summed E-state index contributed by atoms with van der Waals surface area (Å²) in [5, 5.41) is 3.54. The highest BCUT2D eigenvalue weighted by molar-refractivity contribution is 7.99. The summed E-state index contributed by atoms with van der Waals surface area (Å²) in [6.07, 6.45) is 0.788. The third-order valence-electron chi connectivity index (χ3n) is 3.01. The summed E-state index contributed by atoms with van der Waals surface area (Å²) in [7, 11) is 0. The molecule has 0 fully saturated rings. The van der Waals surface area contributed by atoms with Crippen LogP contribution in [0.25, 0.3) is 0 Å². The fourth-order valence-corrected chi connectivity index (χ4v) is 2.75. The lowest BCUT2D eigenvalue weighted by Crippen LogP contribution is -2.27. The lowest BCUT2D eigenvalue weighted by molar-refractivity contribution is -0.118. The minimum absolute atomic E-state index is 0.0109. The molecular weight excluding hydrogens is 296 g/mol. The molecule has 6 heteroatoms. The molecule has 0 saturated heterocycles. The first-order valence-corrected chi connectivity index (χ1v) is 8.08. The molecule has 0 saturated carbocycles. The van der Waals surface area contributed by atoms with E-state index in [-0.39, 0.29) is 5.91 Å². The largest absolute Gasteiger partial charge is 0.399 e. The minimum Gasteiger partial charge on any atom is -0.399 e. The van der Waals surface area contributed by atoms with E-state index >= 15 is 0 Å². The molecule has 5 nitrogen and oxygen atoms in total. The fraction of sp³-hybridized carbons (Fsp3) is 0.312. The summed E-state index contributed by atoms with van der Waals surface area (Å²) in [5.41, 5.74) is 9.37. The van der Waals surface area contributed by atoms with Crippen LogP contribution in [0.1, 0.15) is 17.0 Å². The van der Waals surface area contributed by atoms with E-state index in [1.165, 1.54) is 11.8 Å². The fourth-order valence-electron chi connectivity index (χ4n) is 1.97. The normalized spacial score (nSPS) is 10.5. The Bertz CT molecular complexity index is 623. The van der Waals surface area contributed by atoms with Crippen LogP contribution in [0.4, 0.5) is 5.69 Å². The molecule has 0 aliphatic heterocycles. The molecule has 2 rings (SSSR count). The van der Waals surface area contributed by atoms with Crippen LogP contribution in [0.2, 0.25) is 0 Å². The van der Waals surface area contributed by atoms with Crippen LogP contribution in [-0.4, -0.2) is 28.2 Å². The summed E-state index contributed by atoms with van der Waals surface area (Å²) >= 11 is 1.35. The molecule has 0 aliphatic rings. The monoisotopic (exact) mass is 316 g/mol. The second-order valence-corrected chi connectivity index (χ2v) is 6.01. The van der Waals surface area contributed by atoms with Crippen LogP contribution in [0, 0.1) is 13.8 Å². The maximum atomic E-state index is 11.8. The Labute approximate surface area is 134 Å². The average Bonchev–Trinajstić information content (AvgIpc) is 2.46. The number of amides is 1. The second-order valence-electron chi connectivity index (χ2n) is 5.06. The maximum absolute atomic E-state index is 11.8. The van der Waals surface area contributed by atoms with Gasteiger partial charge in [0.15, 0.2) is 5.16 Å². The van der Waals surface area contributed by atoms with Crippen molar-refractivity contribution in [1.29, 1.82) is 0 Å². The number of benzene rings is 1. The van der Waals surface area contributed by atoms with Crippen molar-refractivity contribution >= 4 is 23.4 Å². The molecule has 0 bridgehead atoms. The molecule has 1 heterocycles. The first-order chi connectivity index (χ1) is 10.5. The van der Waals surface area contributed by atoms with Gasteiger partial charge in [-0.15, -0.1) is 0 Å². The third-order valence-corrected chi connectivity index (χ3v) is 3.86. The highest BCUT2D eigenvalue weighted by Crippen LogP contribution is 2.13. The van der Waals surface area contributed by atoms with Gasteiger partial charge < -0.3 is 11.1 Å². The highest BCUT2D eigenvalue weighted by Gasteiger charge is 2.05. The van der Waals surface area contributed by atoms with E-state index in [1.54, 1.807) is 0 Å². The molecular formula is C16H20N4OS. The van der Waals surface area contributed by atoms with Crippen molar-refractivity contribution in [1.82, 2.24) is 15.3 Å². The molecule has 1 aromatic carbocycles. The van der Waals surface area contributed by atoms with Crippen molar-refractivity contribution in [2.75, 3.05) is 18.0 Å². The Morgan fingerprint density at radius 3 is 2.45 bits per heavy atom. The molecule has 2 aromatic rings. The number of nitrogens with zero attached hydrogens (tertiary/aromatic N) is 2. The Kier molecular flexibility index (Phi) is 5.77.